The summed E-state index contributed by atoms with van der Waals surface area (Å²) in [4.78, 5) is 29.4. The van der Waals surface area contributed by atoms with Crippen LogP contribution in [-0.4, -0.2) is 33.4 Å². The molecule has 0 fully saturated rings. The molecule has 0 bridgehead atoms. The molecule has 2 N–H and O–H groups in total. The van der Waals surface area contributed by atoms with Crippen molar-refractivity contribution < 1.29 is 14.6 Å². The average Bonchev–Trinajstić information content (AvgIpc) is 2.73. The lowest BCUT2D eigenvalue weighted by Gasteiger charge is -2.14. The van der Waals surface area contributed by atoms with E-state index in [1.54, 1.807) is 50.4 Å². The normalized spacial score (nSPS) is 10.6. The highest BCUT2D eigenvalue weighted by atomic mass is 32.2. The van der Waals surface area contributed by atoms with Gasteiger partial charge in [0, 0.05) is 11.8 Å². The van der Waals surface area contributed by atoms with Gasteiger partial charge in [0.15, 0.2) is 5.16 Å². The quantitative estimate of drug-likeness (QED) is 0.458. The van der Waals surface area contributed by atoms with E-state index >= 15 is 0 Å². The summed E-state index contributed by atoms with van der Waals surface area (Å²) in [7, 11) is 1.55. The van der Waals surface area contributed by atoms with Crippen LogP contribution in [0.4, 0.5) is 5.69 Å². The van der Waals surface area contributed by atoms with Gasteiger partial charge < -0.3 is 15.2 Å². The number of benzene rings is 2. The van der Waals surface area contributed by atoms with Gasteiger partial charge >= 0.3 is 0 Å². The number of thioether (sulfide) groups is 1. The second-order valence-corrected chi connectivity index (χ2v) is 7.04. The molecule has 150 valence electrons. The minimum atomic E-state index is -0.345. The standard InChI is InChI=1S/C21H21N3O4S/c1-3-17-19(26)23-21(24(20(17)27)15-9-5-4-6-10-15)29-13-18(25)22-14-8-7-11-16(12-14)28-2/h4-12,26H,3,13H2,1-2H3,(H,22,25). The first-order chi connectivity index (χ1) is 14.0. The molecule has 3 aromatic rings. The smallest absolute Gasteiger partial charge is 0.265 e. The lowest BCUT2D eigenvalue weighted by Crippen LogP contribution is -2.25. The average molecular weight is 411 g/mol. The molecule has 8 heteroatoms. The number of carbonyl (C=O) groups is 1. The number of rotatable bonds is 7. The predicted molar refractivity (Wildman–Crippen MR) is 113 cm³/mol. The molecular formula is C21H21N3O4S. The summed E-state index contributed by atoms with van der Waals surface area (Å²) in [6, 6.07) is 16.0. The number of carbonyl (C=O) groups excluding carboxylic acids is 1. The molecule has 0 unspecified atom stereocenters. The number of para-hydroxylation sites is 1. The maximum absolute atomic E-state index is 12.9. The van der Waals surface area contributed by atoms with E-state index in [1.807, 2.05) is 18.2 Å². The Bertz CT molecular complexity index is 1070. The fourth-order valence-corrected chi connectivity index (χ4v) is 3.57. The van der Waals surface area contributed by atoms with E-state index in [9.17, 15) is 14.7 Å². The summed E-state index contributed by atoms with van der Waals surface area (Å²) in [5.74, 6) is 0.0770. The van der Waals surface area contributed by atoms with Gasteiger partial charge in [-0.05, 0) is 30.7 Å². The van der Waals surface area contributed by atoms with Crippen LogP contribution in [0.1, 0.15) is 12.5 Å². The van der Waals surface area contributed by atoms with Gasteiger partial charge in [0.25, 0.3) is 5.56 Å². The van der Waals surface area contributed by atoms with Crippen molar-refractivity contribution in [2.75, 3.05) is 18.2 Å². The number of hydrogen-bond donors (Lipinski definition) is 2. The topological polar surface area (TPSA) is 93.4 Å². The maximum atomic E-state index is 12.9. The Balaban J connectivity index is 1.85. The number of ether oxygens (including phenoxy) is 1. The van der Waals surface area contributed by atoms with E-state index in [-0.39, 0.29) is 33.8 Å². The fraction of sp³-hybridized carbons (Fsp3) is 0.190. The lowest BCUT2D eigenvalue weighted by molar-refractivity contribution is -0.113. The van der Waals surface area contributed by atoms with Gasteiger partial charge in [-0.3, -0.25) is 14.2 Å². The van der Waals surface area contributed by atoms with Crippen LogP contribution in [0.25, 0.3) is 5.69 Å². The van der Waals surface area contributed by atoms with Crippen molar-refractivity contribution in [1.29, 1.82) is 0 Å². The van der Waals surface area contributed by atoms with E-state index in [1.165, 1.54) is 4.57 Å². The summed E-state index contributed by atoms with van der Waals surface area (Å²) in [6.45, 7) is 1.78. The Morgan fingerprint density at radius 2 is 1.97 bits per heavy atom. The summed E-state index contributed by atoms with van der Waals surface area (Å²) in [5, 5.41) is 13.2. The highest BCUT2D eigenvalue weighted by Gasteiger charge is 2.17. The molecule has 0 saturated carbocycles. The molecule has 29 heavy (non-hydrogen) atoms. The van der Waals surface area contributed by atoms with Gasteiger partial charge in [-0.25, -0.2) is 0 Å². The second-order valence-electron chi connectivity index (χ2n) is 6.10. The van der Waals surface area contributed by atoms with E-state index in [4.69, 9.17) is 4.74 Å². The van der Waals surface area contributed by atoms with E-state index in [0.29, 0.717) is 23.5 Å². The SMILES string of the molecule is CCc1c(O)nc(SCC(=O)Nc2cccc(OC)c2)n(-c2ccccc2)c1=O. The minimum absolute atomic E-state index is 0.0153. The van der Waals surface area contributed by atoms with Gasteiger partial charge in [0.2, 0.25) is 11.8 Å². The number of nitrogens with one attached hydrogen (secondary N) is 1. The molecule has 1 aromatic heterocycles. The van der Waals surface area contributed by atoms with Gasteiger partial charge in [0.05, 0.1) is 24.1 Å². The van der Waals surface area contributed by atoms with Crippen LogP contribution in [-0.2, 0) is 11.2 Å². The van der Waals surface area contributed by atoms with Crippen LogP contribution in [0.15, 0.2) is 64.5 Å². The Labute approximate surface area is 172 Å². The lowest BCUT2D eigenvalue weighted by atomic mass is 10.2. The van der Waals surface area contributed by atoms with Gasteiger partial charge in [-0.15, -0.1) is 0 Å². The minimum Gasteiger partial charge on any atom is -0.497 e. The second kappa shape index (κ2) is 9.29. The Morgan fingerprint density at radius 3 is 2.66 bits per heavy atom. The summed E-state index contributed by atoms with van der Waals surface area (Å²) in [6.07, 6.45) is 0.353. The monoisotopic (exact) mass is 411 g/mol. The van der Waals surface area contributed by atoms with Crippen LogP contribution in [0.3, 0.4) is 0 Å². The van der Waals surface area contributed by atoms with E-state index < -0.39 is 0 Å². The van der Waals surface area contributed by atoms with Crippen LogP contribution in [0, 0.1) is 0 Å². The molecule has 0 aliphatic rings. The molecule has 0 aliphatic carbocycles. The fourth-order valence-electron chi connectivity index (χ4n) is 2.76. The van der Waals surface area contributed by atoms with Crippen molar-refractivity contribution in [3.63, 3.8) is 0 Å². The highest BCUT2D eigenvalue weighted by Crippen LogP contribution is 2.23. The van der Waals surface area contributed by atoms with Crippen molar-refractivity contribution in [2.45, 2.75) is 18.5 Å². The number of methoxy groups -OCH3 is 1. The molecule has 2 aromatic carbocycles. The maximum Gasteiger partial charge on any atom is 0.265 e. The van der Waals surface area contributed by atoms with Crippen LogP contribution in [0.5, 0.6) is 11.6 Å². The van der Waals surface area contributed by atoms with E-state index in [2.05, 4.69) is 10.3 Å². The van der Waals surface area contributed by atoms with Crippen molar-refractivity contribution in [3.8, 4) is 17.3 Å². The zero-order valence-electron chi connectivity index (χ0n) is 16.1. The van der Waals surface area contributed by atoms with Crippen LogP contribution >= 0.6 is 11.8 Å². The molecule has 3 rings (SSSR count). The first kappa shape index (κ1) is 20.5. The Morgan fingerprint density at radius 1 is 1.21 bits per heavy atom. The zero-order chi connectivity index (χ0) is 20.8. The molecule has 1 amide bonds. The molecule has 0 spiro atoms. The number of hydrogen-bond acceptors (Lipinski definition) is 6. The molecular weight excluding hydrogens is 390 g/mol. The molecule has 7 nitrogen and oxygen atoms in total. The number of aromatic hydroxyl groups is 1. The Hall–Kier alpha value is -3.26. The van der Waals surface area contributed by atoms with Crippen molar-refractivity contribution >= 4 is 23.4 Å². The first-order valence-corrected chi connectivity index (χ1v) is 9.99. The van der Waals surface area contributed by atoms with Crippen molar-refractivity contribution in [2.24, 2.45) is 0 Å². The van der Waals surface area contributed by atoms with Crippen LogP contribution < -0.4 is 15.6 Å². The van der Waals surface area contributed by atoms with E-state index in [0.717, 1.165) is 11.8 Å². The largest absolute Gasteiger partial charge is 0.497 e. The zero-order valence-corrected chi connectivity index (χ0v) is 16.9. The van der Waals surface area contributed by atoms with Gasteiger partial charge in [0.1, 0.15) is 5.75 Å². The summed E-state index contributed by atoms with van der Waals surface area (Å²) in [5.41, 5.74) is 1.11. The molecule has 0 aliphatic heterocycles. The van der Waals surface area contributed by atoms with Crippen molar-refractivity contribution in [3.05, 3.63) is 70.5 Å². The molecule has 0 atom stereocenters. The van der Waals surface area contributed by atoms with Crippen molar-refractivity contribution in [1.82, 2.24) is 9.55 Å². The van der Waals surface area contributed by atoms with Gasteiger partial charge in [-0.2, -0.15) is 4.98 Å². The van der Waals surface area contributed by atoms with Gasteiger partial charge in [-0.1, -0.05) is 43.0 Å². The number of amides is 1. The Kier molecular flexibility index (Phi) is 6.56. The van der Waals surface area contributed by atoms with Crippen LogP contribution in [0.2, 0.25) is 0 Å². The predicted octanol–water partition coefficient (Wildman–Crippen LogP) is 3.24. The number of nitrogens with zero attached hydrogens (tertiary/aromatic N) is 2. The highest BCUT2D eigenvalue weighted by molar-refractivity contribution is 7.99. The molecule has 1 heterocycles. The summed E-state index contributed by atoms with van der Waals surface area (Å²) >= 11 is 1.08. The first-order valence-electron chi connectivity index (χ1n) is 9.00. The number of aromatic nitrogens is 2. The third-order valence-electron chi connectivity index (χ3n) is 4.18. The summed E-state index contributed by atoms with van der Waals surface area (Å²) < 4.78 is 6.56. The third kappa shape index (κ3) is 4.78. The number of anilines is 1. The molecule has 0 saturated heterocycles. The third-order valence-corrected chi connectivity index (χ3v) is 5.12. The molecule has 0 radical (unpaired) electrons.